The van der Waals surface area contributed by atoms with Crippen LogP contribution in [0.15, 0.2) is 67.5 Å². The molecule has 0 fully saturated rings. The van der Waals surface area contributed by atoms with E-state index < -0.39 is 0 Å². The molecule has 3 nitrogen and oxygen atoms in total. The Morgan fingerprint density at radius 1 is 1.17 bits per heavy atom. The normalized spacial score (nSPS) is 12.0. The molecule has 0 bridgehead atoms. The topological polar surface area (TPSA) is 27.1 Å². The number of imidazole rings is 1. The van der Waals surface area contributed by atoms with E-state index in [1.54, 1.807) is 24.4 Å². The van der Waals surface area contributed by atoms with Crippen molar-refractivity contribution in [2.45, 2.75) is 13.0 Å². The van der Waals surface area contributed by atoms with Gasteiger partial charge in [-0.05, 0) is 42.8 Å². The molecule has 24 heavy (non-hydrogen) atoms. The maximum absolute atomic E-state index is 6.14. The summed E-state index contributed by atoms with van der Waals surface area (Å²) in [6.07, 6.45) is 5.62. The molecule has 1 atom stereocenters. The number of hydrogen-bond donors (Lipinski definition) is 0. The Morgan fingerprint density at radius 3 is 2.50 bits per heavy atom. The second-order valence-corrected chi connectivity index (χ2v) is 6.15. The van der Waals surface area contributed by atoms with E-state index in [0.29, 0.717) is 21.5 Å². The zero-order chi connectivity index (χ0) is 17.1. The zero-order valence-corrected chi connectivity index (χ0v) is 14.6. The molecule has 122 valence electrons. The van der Waals surface area contributed by atoms with Crippen LogP contribution in [0.25, 0.3) is 0 Å². The lowest BCUT2D eigenvalue weighted by Crippen LogP contribution is -2.08. The average Bonchev–Trinajstić information content (AvgIpc) is 2.98. The van der Waals surface area contributed by atoms with Gasteiger partial charge in [-0.25, -0.2) is 4.98 Å². The number of benzene rings is 2. The van der Waals surface area contributed by atoms with Crippen LogP contribution < -0.4 is 4.74 Å². The molecule has 0 saturated carbocycles. The molecule has 1 aromatic heterocycles. The molecule has 1 unspecified atom stereocenters. The lowest BCUT2D eigenvalue weighted by atomic mass is 10.1. The van der Waals surface area contributed by atoms with Crippen LogP contribution in [0, 0.1) is 6.92 Å². The van der Waals surface area contributed by atoms with Crippen molar-refractivity contribution in [1.82, 2.24) is 9.55 Å². The Kier molecular flexibility index (Phi) is 4.93. The number of nitrogens with zero attached hydrogens (tertiary/aromatic N) is 2. The van der Waals surface area contributed by atoms with Gasteiger partial charge in [0.2, 0.25) is 0 Å². The van der Waals surface area contributed by atoms with Crippen LogP contribution in [0.5, 0.6) is 11.5 Å². The predicted octanol–water partition coefficient (Wildman–Crippen LogP) is 6.07. The fraction of sp³-hybridized carbons (Fsp3) is 0.105. The smallest absolute Gasteiger partial charge is 0.146 e. The lowest BCUT2D eigenvalue weighted by molar-refractivity contribution is 0.482. The van der Waals surface area contributed by atoms with Crippen molar-refractivity contribution in [3.8, 4) is 11.5 Å². The summed E-state index contributed by atoms with van der Waals surface area (Å²) in [4.78, 5) is 4.27. The van der Waals surface area contributed by atoms with E-state index in [9.17, 15) is 0 Å². The number of allylic oxidation sites excluding steroid dienone is 1. The average molecular weight is 359 g/mol. The van der Waals surface area contributed by atoms with E-state index in [1.165, 1.54) is 0 Å². The summed E-state index contributed by atoms with van der Waals surface area (Å²) in [6.45, 7) is 5.90. The Bertz CT molecular complexity index is 856. The highest BCUT2D eigenvalue weighted by Crippen LogP contribution is 2.32. The number of ether oxygens (including phenoxy) is 1. The summed E-state index contributed by atoms with van der Waals surface area (Å²) >= 11 is 12.0. The van der Waals surface area contributed by atoms with Crippen LogP contribution >= 0.6 is 23.2 Å². The second-order valence-electron chi connectivity index (χ2n) is 5.31. The predicted molar refractivity (Wildman–Crippen MR) is 98.3 cm³/mol. The van der Waals surface area contributed by atoms with Crippen molar-refractivity contribution in [1.29, 1.82) is 0 Å². The van der Waals surface area contributed by atoms with E-state index in [4.69, 9.17) is 27.9 Å². The molecule has 1 heterocycles. The van der Waals surface area contributed by atoms with Gasteiger partial charge in [-0.2, -0.15) is 0 Å². The van der Waals surface area contributed by atoms with E-state index in [-0.39, 0.29) is 6.04 Å². The maximum atomic E-state index is 6.14. The van der Waals surface area contributed by atoms with E-state index >= 15 is 0 Å². The van der Waals surface area contributed by atoms with Crippen LogP contribution in [0.1, 0.15) is 17.4 Å². The monoisotopic (exact) mass is 358 g/mol. The molecule has 0 saturated heterocycles. The third-order valence-corrected chi connectivity index (χ3v) is 4.26. The minimum Gasteiger partial charge on any atom is -0.456 e. The van der Waals surface area contributed by atoms with Crippen molar-refractivity contribution in [3.63, 3.8) is 0 Å². The van der Waals surface area contributed by atoms with Gasteiger partial charge in [-0.15, -0.1) is 6.58 Å². The van der Waals surface area contributed by atoms with Gasteiger partial charge in [0.15, 0.2) is 0 Å². The minimum atomic E-state index is 0.0284. The molecule has 3 aromatic rings. The Labute approximate surface area is 151 Å². The van der Waals surface area contributed by atoms with Crippen LogP contribution in [0.4, 0.5) is 0 Å². The summed E-state index contributed by atoms with van der Waals surface area (Å²) in [5.74, 6) is 2.21. The molecule has 0 radical (unpaired) electrons. The summed E-state index contributed by atoms with van der Waals surface area (Å²) in [6, 6.07) is 13.0. The molecule has 0 aliphatic heterocycles. The second kappa shape index (κ2) is 7.12. The quantitative estimate of drug-likeness (QED) is 0.517. The standard InChI is InChI=1S/C19H16Cl2N2O/c1-3-18(23-11-10-22-13(23)2)14-4-7-16(8-5-14)24-19-9-6-15(20)12-17(19)21/h3-12,18H,1H2,2H3. The molecule has 0 aliphatic carbocycles. The number of hydrogen-bond acceptors (Lipinski definition) is 2. The number of rotatable bonds is 5. The number of halogens is 2. The van der Waals surface area contributed by atoms with Gasteiger partial charge in [0.05, 0.1) is 11.1 Å². The first-order chi connectivity index (χ1) is 11.6. The van der Waals surface area contributed by atoms with Crippen molar-refractivity contribution in [3.05, 3.63) is 88.9 Å². The highest BCUT2D eigenvalue weighted by Gasteiger charge is 2.12. The minimum absolute atomic E-state index is 0.0284. The van der Waals surface area contributed by atoms with Crippen LogP contribution in [-0.2, 0) is 0 Å². The third kappa shape index (κ3) is 3.48. The summed E-state index contributed by atoms with van der Waals surface area (Å²) in [7, 11) is 0. The van der Waals surface area contributed by atoms with Gasteiger partial charge in [-0.3, -0.25) is 0 Å². The highest BCUT2D eigenvalue weighted by atomic mass is 35.5. The van der Waals surface area contributed by atoms with Gasteiger partial charge in [0.1, 0.15) is 17.3 Å². The van der Waals surface area contributed by atoms with Gasteiger partial charge in [0, 0.05) is 17.4 Å². The molecule has 2 aromatic carbocycles. The largest absolute Gasteiger partial charge is 0.456 e. The molecule has 0 N–H and O–H groups in total. The first-order valence-corrected chi connectivity index (χ1v) is 8.19. The fourth-order valence-corrected chi connectivity index (χ4v) is 2.96. The molecular weight excluding hydrogens is 343 g/mol. The molecule has 3 rings (SSSR count). The van der Waals surface area contributed by atoms with Gasteiger partial charge >= 0.3 is 0 Å². The molecule has 0 amide bonds. The van der Waals surface area contributed by atoms with Crippen molar-refractivity contribution < 1.29 is 4.74 Å². The third-order valence-electron chi connectivity index (χ3n) is 3.73. The van der Waals surface area contributed by atoms with E-state index in [1.807, 2.05) is 43.5 Å². The molecule has 0 aliphatic rings. The summed E-state index contributed by atoms with van der Waals surface area (Å²) in [5.41, 5.74) is 1.10. The van der Waals surface area contributed by atoms with Crippen molar-refractivity contribution >= 4 is 23.2 Å². The Balaban J connectivity index is 1.82. The van der Waals surface area contributed by atoms with E-state index in [2.05, 4.69) is 16.1 Å². The Morgan fingerprint density at radius 2 is 1.92 bits per heavy atom. The van der Waals surface area contributed by atoms with Crippen LogP contribution in [0.2, 0.25) is 10.0 Å². The Hall–Kier alpha value is -2.23. The highest BCUT2D eigenvalue weighted by molar-refractivity contribution is 6.35. The fourth-order valence-electron chi connectivity index (χ4n) is 2.51. The van der Waals surface area contributed by atoms with Crippen molar-refractivity contribution in [2.75, 3.05) is 0 Å². The summed E-state index contributed by atoms with van der Waals surface area (Å²) in [5, 5.41) is 1.05. The SMILES string of the molecule is C=CC(c1ccc(Oc2ccc(Cl)cc2Cl)cc1)n1ccnc1C. The number of aryl methyl sites for hydroxylation is 1. The van der Waals surface area contributed by atoms with E-state index in [0.717, 1.165) is 11.4 Å². The number of aromatic nitrogens is 2. The summed E-state index contributed by atoms with van der Waals surface area (Å²) < 4.78 is 7.88. The first kappa shape index (κ1) is 16.6. The zero-order valence-electron chi connectivity index (χ0n) is 13.1. The molecular formula is C19H16Cl2N2O. The van der Waals surface area contributed by atoms with Gasteiger partial charge < -0.3 is 9.30 Å². The maximum Gasteiger partial charge on any atom is 0.146 e. The van der Waals surface area contributed by atoms with Crippen LogP contribution in [0.3, 0.4) is 0 Å². The van der Waals surface area contributed by atoms with Gasteiger partial charge in [-0.1, -0.05) is 41.4 Å². The first-order valence-electron chi connectivity index (χ1n) is 7.43. The molecule has 0 spiro atoms. The van der Waals surface area contributed by atoms with Gasteiger partial charge in [0.25, 0.3) is 0 Å². The van der Waals surface area contributed by atoms with Crippen LogP contribution in [-0.4, -0.2) is 9.55 Å². The molecule has 5 heteroatoms. The van der Waals surface area contributed by atoms with Crippen molar-refractivity contribution in [2.24, 2.45) is 0 Å². The lowest BCUT2D eigenvalue weighted by Gasteiger charge is -2.17.